The molecule has 4 nitrogen and oxygen atoms in total. The highest BCUT2D eigenvalue weighted by Crippen LogP contribution is 2.64. The predicted octanol–water partition coefficient (Wildman–Crippen LogP) is 5.03. The number of benzene rings is 1. The highest BCUT2D eigenvalue weighted by Gasteiger charge is 2.51. The lowest BCUT2D eigenvalue weighted by atomic mass is 9.94. The first-order valence-corrected chi connectivity index (χ1v) is 9.42. The van der Waals surface area contributed by atoms with Crippen molar-refractivity contribution in [3.05, 3.63) is 30.3 Å². The van der Waals surface area contributed by atoms with Crippen LogP contribution in [0.2, 0.25) is 0 Å². The molecule has 1 fully saturated rings. The summed E-state index contributed by atoms with van der Waals surface area (Å²) < 4.78 is 24.7. The lowest BCUT2D eigenvalue weighted by molar-refractivity contribution is 0.188. The third kappa shape index (κ3) is 3.68. The summed E-state index contributed by atoms with van der Waals surface area (Å²) in [6.45, 7) is 4.53. The van der Waals surface area contributed by atoms with Crippen molar-refractivity contribution in [2.45, 2.75) is 51.2 Å². The van der Waals surface area contributed by atoms with E-state index in [9.17, 15) is 4.57 Å². The summed E-state index contributed by atoms with van der Waals surface area (Å²) in [6.07, 6.45) is 4.91. The van der Waals surface area contributed by atoms with Gasteiger partial charge >= 0.3 is 7.60 Å². The lowest BCUT2D eigenvalue weighted by Crippen LogP contribution is -2.41. The average molecular weight is 311 g/mol. The summed E-state index contributed by atoms with van der Waals surface area (Å²) in [5.74, 6) is 0. The largest absolute Gasteiger partial charge is 0.369 e. The van der Waals surface area contributed by atoms with Crippen LogP contribution < -0.4 is 5.32 Å². The van der Waals surface area contributed by atoms with Crippen molar-refractivity contribution in [3.8, 4) is 0 Å². The van der Waals surface area contributed by atoms with E-state index in [0.717, 1.165) is 31.4 Å². The second-order valence-corrected chi connectivity index (χ2v) is 7.78. The smallest absolute Gasteiger partial charge is 0.355 e. The van der Waals surface area contributed by atoms with Gasteiger partial charge in [-0.1, -0.05) is 37.5 Å². The van der Waals surface area contributed by atoms with E-state index in [4.69, 9.17) is 9.05 Å². The highest BCUT2D eigenvalue weighted by molar-refractivity contribution is 7.55. The van der Waals surface area contributed by atoms with Crippen molar-refractivity contribution >= 4 is 13.3 Å². The molecule has 21 heavy (non-hydrogen) atoms. The molecule has 118 valence electrons. The first-order chi connectivity index (χ1) is 10.2. The molecule has 1 aromatic carbocycles. The Hall–Kier alpha value is -0.830. The molecule has 1 aromatic rings. The van der Waals surface area contributed by atoms with Gasteiger partial charge in [0.1, 0.15) is 5.28 Å². The van der Waals surface area contributed by atoms with E-state index in [1.807, 2.05) is 44.2 Å². The van der Waals surface area contributed by atoms with Gasteiger partial charge in [0, 0.05) is 5.69 Å². The van der Waals surface area contributed by atoms with Crippen molar-refractivity contribution in [1.29, 1.82) is 0 Å². The van der Waals surface area contributed by atoms with E-state index in [1.165, 1.54) is 6.42 Å². The lowest BCUT2D eigenvalue weighted by Gasteiger charge is -2.42. The van der Waals surface area contributed by atoms with Gasteiger partial charge in [0.2, 0.25) is 0 Å². The molecule has 0 bridgehead atoms. The van der Waals surface area contributed by atoms with E-state index in [0.29, 0.717) is 13.2 Å². The van der Waals surface area contributed by atoms with Crippen LogP contribution in [0.5, 0.6) is 0 Å². The molecule has 0 aliphatic heterocycles. The van der Waals surface area contributed by atoms with Crippen LogP contribution in [-0.4, -0.2) is 18.5 Å². The summed E-state index contributed by atoms with van der Waals surface area (Å²) in [5, 5.41) is 2.89. The summed E-state index contributed by atoms with van der Waals surface area (Å²) >= 11 is 0. The molecule has 0 atom stereocenters. The second kappa shape index (κ2) is 7.44. The van der Waals surface area contributed by atoms with Crippen LogP contribution in [0.15, 0.2) is 30.3 Å². The predicted molar refractivity (Wildman–Crippen MR) is 86.7 cm³/mol. The van der Waals surface area contributed by atoms with Crippen molar-refractivity contribution in [3.63, 3.8) is 0 Å². The zero-order valence-corrected chi connectivity index (χ0v) is 13.9. The maximum absolute atomic E-state index is 13.4. The Kier molecular flexibility index (Phi) is 5.86. The Bertz CT molecular complexity index is 462. The van der Waals surface area contributed by atoms with Gasteiger partial charge in [-0.2, -0.15) is 0 Å². The Labute approximate surface area is 127 Å². The van der Waals surface area contributed by atoms with Crippen LogP contribution in [-0.2, 0) is 13.6 Å². The van der Waals surface area contributed by atoms with Gasteiger partial charge in [-0.15, -0.1) is 0 Å². The van der Waals surface area contributed by atoms with Gasteiger partial charge in [0.05, 0.1) is 13.2 Å². The SMILES string of the molecule is CCOP(=O)(OCC)C1(Nc2ccccc2)CCCCC1. The summed E-state index contributed by atoms with van der Waals surface area (Å²) in [5.41, 5.74) is 0.971. The third-order valence-corrected chi connectivity index (χ3v) is 6.76. The van der Waals surface area contributed by atoms with Crippen molar-refractivity contribution in [2.75, 3.05) is 18.5 Å². The van der Waals surface area contributed by atoms with E-state index >= 15 is 0 Å². The Morgan fingerprint density at radius 3 is 2.14 bits per heavy atom. The fourth-order valence-electron chi connectivity index (χ4n) is 3.02. The number of rotatable bonds is 7. The van der Waals surface area contributed by atoms with E-state index in [2.05, 4.69) is 5.32 Å². The van der Waals surface area contributed by atoms with Crippen LogP contribution in [0.1, 0.15) is 46.0 Å². The van der Waals surface area contributed by atoms with Crippen LogP contribution in [0.25, 0.3) is 0 Å². The van der Waals surface area contributed by atoms with Crippen LogP contribution in [0, 0.1) is 0 Å². The number of hydrogen-bond donors (Lipinski definition) is 1. The first kappa shape index (κ1) is 16.5. The number of para-hydroxylation sites is 1. The molecule has 0 unspecified atom stereocenters. The minimum Gasteiger partial charge on any atom is -0.369 e. The molecule has 0 aromatic heterocycles. The molecule has 1 N–H and O–H groups in total. The third-order valence-electron chi connectivity index (χ3n) is 3.95. The van der Waals surface area contributed by atoms with Gasteiger partial charge in [-0.3, -0.25) is 4.57 Å². The van der Waals surface area contributed by atoms with E-state index in [1.54, 1.807) is 0 Å². The maximum Gasteiger partial charge on any atom is 0.355 e. The molecular formula is C16H26NO3P. The highest BCUT2D eigenvalue weighted by atomic mass is 31.2. The molecule has 0 heterocycles. The molecule has 1 aliphatic rings. The van der Waals surface area contributed by atoms with Gasteiger partial charge in [-0.05, 0) is 38.8 Å². The zero-order chi connectivity index (χ0) is 15.2. The van der Waals surface area contributed by atoms with Crippen molar-refractivity contribution in [1.82, 2.24) is 0 Å². The topological polar surface area (TPSA) is 47.6 Å². The molecule has 1 aliphatic carbocycles. The Morgan fingerprint density at radius 2 is 1.62 bits per heavy atom. The average Bonchev–Trinajstić information content (AvgIpc) is 2.49. The van der Waals surface area contributed by atoms with Gasteiger partial charge < -0.3 is 14.4 Å². The number of nitrogens with one attached hydrogen (secondary N) is 1. The minimum absolute atomic E-state index is 0.398. The van der Waals surface area contributed by atoms with Crippen LogP contribution in [0.3, 0.4) is 0 Å². The zero-order valence-electron chi connectivity index (χ0n) is 13.0. The van der Waals surface area contributed by atoms with E-state index in [-0.39, 0.29) is 0 Å². The van der Waals surface area contributed by atoms with Crippen LogP contribution in [0.4, 0.5) is 5.69 Å². The molecule has 2 rings (SSSR count). The molecule has 5 heteroatoms. The van der Waals surface area contributed by atoms with Gasteiger partial charge in [0.25, 0.3) is 0 Å². The molecule has 0 radical (unpaired) electrons. The summed E-state index contributed by atoms with van der Waals surface area (Å²) in [7, 11) is -3.20. The van der Waals surface area contributed by atoms with Crippen molar-refractivity contribution < 1.29 is 13.6 Å². The molecular weight excluding hydrogens is 285 g/mol. The normalized spacial score (nSPS) is 18.4. The Balaban J connectivity index is 2.33. The number of hydrogen-bond acceptors (Lipinski definition) is 4. The van der Waals surface area contributed by atoms with Crippen LogP contribution >= 0.6 is 7.60 Å². The second-order valence-electron chi connectivity index (χ2n) is 5.42. The summed E-state index contributed by atoms with van der Waals surface area (Å²) in [6, 6.07) is 9.93. The Morgan fingerprint density at radius 1 is 1.05 bits per heavy atom. The standard InChI is InChI=1S/C16H26NO3P/c1-3-19-21(18,20-4-2)16(13-9-6-10-14-16)17-15-11-7-5-8-12-15/h5,7-8,11-12,17H,3-4,6,9-10,13-14H2,1-2H3. The molecule has 0 saturated heterocycles. The van der Waals surface area contributed by atoms with E-state index < -0.39 is 12.9 Å². The number of anilines is 1. The van der Waals surface area contributed by atoms with Crippen molar-refractivity contribution in [2.24, 2.45) is 0 Å². The molecule has 1 saturated carbocycles. The molecule has 0 spiro atoms. The summed E-state index contributed by atoms with van der Waals surface area (Å²) in [4.78, 5) is 0. The quantitative estimate of drug-likeness (QED) is 0.718. The fraction of sp³-hybridized carbons (Fsp3) is 0.625. The first-order valence-electron chi connectivity index (χ1n) is 7.88. The molecule has 0 amide bonds. The fourth-order valence-corrected chi connectivity index (χ4v) is 5.40. The monoisotopic (exact) mass is 311 g/mol. The maximum atomic E-state index is 13.4. The van der Waals surface area contributed by atoms with Gasteiger partial charge in [-0.25, -0.2) is 0 Å². The minimum atomic E-state index is -3.20. The van der Waals surface area contributed by atoms with Gasteiger partial charge in [0.15, 0.2) is 0 Å².